The normalized spacial score (nSPS) is 20.3. The topological polar surface area (TPSA) is 114 Å². The van der Waals surface area contributed by atoms with E-state index in [1.54, 1.807) is 84.9 Å². The molecule has 1 heterocycles. The molecule has 5 rings (SSSR count). The molecule has 0 saturated carbocycles. The lowest BCUT2D eigenvalue weighted by molar-refractivity contribution is -0.206. The van der Waals surface area contributed by atoms with Crippen LogP contribution in [0, 0.1) is 0 Å². The van der Waals surface area contributed by atoms with Gasteiger partial charge in [-0.25, -0.2) is 19.2 Å². The van der Waals surface area contributed by atoms with E-state index in [2.05, 4.69) is 76.3 Å². The van der Waals surface area contributed by atoms with Crippen LogP contribution in [-0.2, 0) is 23.7 Å². The largest absolute Gasteiger partial charge is 0.459 e. The Morgan fingerprint density at radius 2 is 0.896 bits per heavy atom. The quantitative estimate of drug-likeness (QED) is 0.101. The summed E-state index contributed by atoms with van der Waals surface area (Å²) in [6.07, 6.45) is -5.49. The molecule has 14 heteroatoms. The molecule has 0 N–H and O–H groups in total. The van der Waals surface area contributed by atoms with Crippen LogP contribution in [0.15, 0.2) is 115 Å². The second kappa shape index (κ2) is 16.6. The van der Waals surface area contributed by atoms with Crippen molar-refractivity contribution in [1.82, 2.24) is 0 Å². The first-order valence-electron chi connectivity index (χ1n) is 14.1. The van der Waals surface area contributed by atoms with Gasteiger partial charge in [-0.05, 0) is 72.8 Å². The van der Waals surface area contributed by atoms with E-state index in [4.69, 9.17) is 23.7 Å². The number of thiol groups is 1. The van der Waals surface area contributed by atoms with E-state index >= 15 is 0 Å². The molecule has 48 heavy (non-hydrogen) atoms. The maximum absolute atomic E-state index is 13.6. The summed E-state index contributed by atoms with van der Waals surface area (Å²) in [6.45, 7) is -0.434. The zero-order chi connectivity index (χ0) is 34.4. The molecule has 1 aliphatic rings. The average molecular weight is 928 g/mol. The fourth-order valence-corrected chi connectivity index (χ4v) is 6.69. The Morgan fingerprint density at radius 1 is 0.542 bits per heavy atom. The van der Waals surface area contributed by atoms with Crippen LogP contribution in [0.3, 0.4) is 0 Å². The van der Waals surface area contributed by atoms with Gasteiger partial charge < -0.3 is 23.7 Å². The van der Waals surface area contributed by atoms with Gasteiger partial charge >= 0.3 is 23.9 Å². The fraction of sp³-hybridized carbons (Fsp3) is 0.176. The van der Waals surface area contributed by atoms with E-state index in [9.17, 15) is 19.2 Å². The Balaban J connectivity index is 1.51. The van der Waals surface area contributed by atoms with Gasteiger partial charge in [-0.1, -0.05) is 88.0 Å². The minimum Gasteiger partial charge on any atom is -0.459 e. The lowest BCUT2D eigenvalue weighted by Gasteiger charge is -2.43. The van der Waals surface area contributed by atoms with Crippen LogP contribution in [0.2, 0.25) is 0 Å². The Kier molecular flexibility index (Phi) is 12.5. The minimum atomic E-state index is -1.46. The highest BCUT2D eigenvalue weighted by molar-refractivity contribution is 9.11. The second-order valence-corrected chi connectivity index (χ2v) is 14.5. The van der Waals surface area contributed by atoms with Crippen molar-refractivity contribution in [3.05, 3.63) is 137 Å². The van der Waals surface area contributed by atoms with Gasteiger partial charge in [0.1, 0.15) is 18.1 Å². The highest BCUT2D eigenvalue weighted by atomic mass is 79.9. The Labute approximate surface area is 314 Å². The third-order valence-electron chi connectivity index (χ3n) is 6.96. The number of benzene rings is 4. The summed E-state index contributed by atoms with van der Waals surface area (Å²) in [5.41, 5.74) is -0.435. The highest BCUT2D eigenvalue weighted by Crippen LogP contribution is 2.33. The first kappa shape index (κ1) is 36.3. The summed E-state index contributed by atoms with van der Waals surface area (Å²) in [6, 6.07) is 26.0. The van der Waals surface area contributed by atoms with E-state index in [0.717, 1.165) is 0 Å². The van der Waals surface area contributed by atoms with Crippen molar-refractivity contribution in [2.24, 2.45) is 0 Å². The molecule has 0 radical (unpaired) electrons. The van der Waals surface area contributed by atoms with Gasteiger partial charge in [0.05, 0.1) is 22.3 Å². The number of hydrogen-bond donors (Lipinski definition) is 1. The second-order valence-electron chi connectivity index (χ2n) is 10.3. The van der Waals surface area contributed by atoms with Crippen molar-refractivity contribution in [3.8, 4) is 0 Å². The van der Waals surface area contributed by atoms with Crippen molar-refractivity contribution < 1.29 is 42.9 Å². The van der Waals surface area contributed by atoms with Gasteiger partial charge in [0.2, 0.25) is 0 Å². The maximum atomic E-state index is 13.6. The summed E-state index contributed by atoms with van der Waals surface area (Å²) in [7, 11) is 0. The highest BCUT2D eigenvalue weighted by Gasteiger charge is 2.52. The lowest BCUT2D eigenvalue weighted by atomic mass is 9.98. The van der Waals surface area contributed by atoms with Gasteiger partial charge in [-0.3, -0.25) is 0 Å². The van der Waals surface area contributed by atoms with Gasteiger partial charge in [-0.2, -0.15) is 0 Å². The van der Waals surface area contributed by atoms with Crippen molar-refractivity contribution in [1.29, 1.82) is 0 Å². The minimum absolute atomic E-state index is 0.165. The summed E-state index contributed by atoms with van der Waals surface area (Å²) >= 11 is 17.9. The molecule has 248 valence electrons. The number of carbonyl (C=O) groups excluding carboxylic acids is 4. The summed E-state index contributed by atoms with van der Waals surface area (Å²) in [5.74, 6) is -3.06. The Morgan fingerprint density at radius 3 is 1.29 bits per heavy atom. The first-order chi connectivity index (χ1) is 23.0. The molecular weight excluding hydrogens is 904 g/mol. The third-order valence-corrected chi connectivity index (χ3v) is 9.35. The number of rotatable bonds is 9. The molecule has 1 saturated heterocycles. The zero-order valence-corrected chi connectivity index (χ0v) is 31.7. The van der Waals surface area contributed by atoms with Crippen LogP contribution < -0.4 is 0 Å². The summed E-state index contributed by atoms with van der Waals surface area (Å²) < 4.78 is 32.0. The molecule has 4 aromatic rings. The van der Waals surface area contributed by atoms with Crippen molar-refractivity contribution >= 4 is 100 Å². The smallest absolute Gasteiger partial charge is 0.338 e. The van der Waals surface area contributed by atoms with Crippen LogP contribution in [0.4, 0.5) is 0 Å². The monoisotopic (exact) mass is 924 g/mol. The zero-order valence-electron chi connectivity index (χ0n) is 24.5. The molecule has 4 aromatic carbocycles. The van der Waals surface area contributed by atoms with E-state index < -0.39 is 60.3 Å². The lowest BCUT2D eigenvalue weighted by Crippen LogP contribution is -2.61. The van der Waals surface area contributed by atoms with Gasteiger partial charge in [0.25, 0.3) is 0 Å². The van der Waals surface area contributed by atoms with Crippen molar-refractivity contribution in [2.75, 3.05) is 6.61 Å². The number of hydrogen-bond acceptors (Lipinski definition) is 10. The average Bonchev–Trinajstić information content (AvgIpc) is 3.06. The van der Waals surface area contributed by atoms with E-state index in [1.807, 2.05) is 0 Å². The molecule has 0 unspecified atom stereocenters. The molecule has 0 bridgehead atoms. The molecule has 9 nitrogen and oxygen atoms in total. The standard InChI is InChI=1S/C34H24Br4O9S/c35-22-9-1-5-18(13-22)30(39)43-17-26-27(45-31(40)19-6-2-10-23(36)14-19)28(46-32(41)20-7-3-11-24(37)15-20)29(34(48)44-26)47-33(42)21-8-4-12-25(38)16-21/h1-16,26-29,34,48H,17H2/t26-,27-,28+,29-,34+/m1/s1. The predicted molar refractivity (Wildman–Crippen MR) is 192 cm³/mol. The van der Waals surface area contributed by atoms with Crippen LogP contribution in [0.25, 0.3) is 0 Å². The van der Waals surface area contributed by atoms with Gasteiger partial charge in [0, 0.05) is 17.9 Å². The summed E-state index contributed by atoms with van der Waals surface area (Å²) in [5, 5.41) is 0. The number of esters is 4. The van der Waals surface area contributed by atoms with Gasteiger partial charge in [0.15, 0.2) is 18.3 Å². The molecule has 0 spiro atoms. The van der Waals surface area contributed by atoms with Crippen LogP contribution in [-0.4, -0.2) is 60.3 Å². The number of carbonyl (C=O) groups is 4. The fourth-order valence-electron chi connectivity index (χ4n) is 4.71. The van der Waals surface area contributed by atoms with Gasteiger partial charge in [-0.15, -0.1) is 12.6 Å². The molecule has 1 fully saturated rings. The van der Waals surface area contributed by atoms with Crippen molar-refractivity contribution in [2.45, 2.75) is 29.9 Å². The third kappa shape index (κ3) is 9.36. The van der Waals surface area contributed by atoms with E-state index in [1.165, 1.54) is 12.1 Å². The Bertz CT molecular complexity index is 1840. The molecule has 1 aliphatic heterocycles. The first-order valence-corrected chi connectivity index (χ1v) is 17.8. The summed E-state index contributed by atoms with van der Waals surface area (Å²) in [4.78, 5) is 53.4. The molecule has 0 aromatic heterocycles. The maximum Gasteiger partial charge on any atom is 0.338 e. The molecular formula is C34H24Br4O9S. The number of ether oxygens (including phenoxy) is 5. The van der Waals surface area contributed by atoms with Crippen LogP contribution in [0.5, 0.6) is 0 Å². The Hall–Kier alpha value is -3.01. The molecule has 0 amide bonds. The number of halogens is 4. The predicted octanol–water partition coefficient (Wildman–Crippen LogP) is 8.22. The molecule has 0 aliphatic carbocycles. The molecule has 5 atom stereocenters. The van der Waals surface area contributed by atoms with Crippen LogP contribution >= 0.6 is 76.3 Å². The van der Waals surface area contributed by atoms with Crippen LogP contribution in [0.1, 0.15) is 41.4 Å². The SMILES string of the molecule is O=C(OC[C@H]1O[C@@H](S)[C@H](OC(=O)c2cccc(Br)c2)[C@@H](OC(=O)c2cccc(Br)c2)[C@@H]1OC(=O)c1cccc(Br)c1)c1cccc(Br)c1. The van der Waals surface area contributed by atoms with Crippen molar-refractivity contribution in [3.63, 3.8) is 0 Å². The van der Waals surface area contributed by atoms with E-state index in [-0.39, 0.29) is 22.3 Å². The van der Waals surface area contributed by atoms with E-state index in [0.29, 0.717) is 17.9 Å².